The maximum atomic E-state index is 13.7. The number of rotatable bonds is 2. The van der Waals surface area contributed by atoms with Gasteiger partial charge in [-0.2, -0.15) is 0 Å². The third kappa shape index (κ3) is 1.54. The first-order valence-electron chi connectivity index (χ1n) is 7.79. The Morgan fingerprint density at radius 3 is 1.41 bits per heavy atom. The van der Waals surface area contributed by atoms with Crippen molar-refractivity contribution in [3.8, 4) is 0 Å². The van der Waals surface area contributed by atoms with E-state index in [9.17, 15) is 13.8 Å². The molecule has 3 nitrogen and oxygen atoms in total. The zero-order valence-electron chi connectivity index (χ0n) is 14.1. The number of hydrogen-bond acceptors (Lipinski definition) is 3. The molecule has 6 heteroatoms. The molecule has 1 fully saturated rings. The number of fused-ring (bicyclic) bond motifs is 5. The molecule has 3 rings (SSSR count). The lowest BCUT2D eigenvalue weighted by Crippen LogP contribution is -2.59. The van der Waals surface area contributed by atoms with Crippen LogP contribution in [0.25, 0.3) is 0 Å². The van der Waals surface area contributed by atoms with E-state index < -0.39 is 47.5 Å². The van der Waals surface area contributed by atoms with E-state index in [1.807, 2.05) is 0 Å². The minimum atomic E-state index is -1.97. The Bertz CT molecular complexity index is 614. The molecule has 2 bridgehead atoms. The molecule has 3 aliphatic rings. The van der Waals surface area contributed by atoms with Gasteiger partial charge in [-0.15, -0.1) is 0 Å². The molecule has 2 heterocycles. The average Bonchev–Trinajstić information content (AvgIpc) is 2.80. The summed E-state index contributed by atoms with van der Waals surface area (Å²) in [6, 6.07) is 0. The van der Waals surface area contributed by atoms with Gasteiger partial charge in [-0.05, 0) is 12.2 Å². The average molecular weight is 353 g/mol. The van der Waals surface area contributed by atoms with E-state index in [2.05, 4.69) is 51.4 Å². The molecule has 1 aliphatic carbocycles. The molecule has 1 saturated heterocycles. The van der Waals surface area contributed by atoms with Gasteiger partial charge in [-0.1, -0.05) is 51.4 Å². The summed E-state index contributed by atoms with van der Waals surface area (Å²) in [5, 5.41) is 0. The van der Waals surface area contributed by atoms with Crippen LogP contribution in [0.3, 0.4) is 0 Å². The van der Waals surface area contributed by atoms with Gasteiger partial charge in [0.05, 0.1) is 36.7 Å². The van der Waals surface area contributed by atoms with Gasteiger partial charge in [0, 0.05) is 10.8 Å². The Morgan fingerprint density at radius 2 is 1.14 bits per heavy atom. The highest BCUT2D eigenvalue weighted by molar-refractivity contribution is 7.93. The second kappa shape index (κ2) is 4.27. The summed E-state index contributed by atoms with van der Waals surface area (Å²) in [4.78, 5) is 25.4. The van der Waals surface area contributed by atoms with Crippen molar-refractivity contribution in [3.05, 3.63) is 24.3 Å². The van der Waals surface area contributed by atoms with Crippen molar-refractivity contribution in [3.63, 3.8) is 0 Å². The molecule has 0 aromatic carbocycles. The van der Waals surface area contributed by atoms with E-state index in [-0.39, 0.29) is 11.6 Å². The van der Waals surface area contributed by atoms with Crippen LogP contribution in [0, 0.1) is 11.8 Å². The highest BCUT2D eigenvalue weighted by Crippen LogP contribution is 2.63. The summed E-state index contributed by atoms with van der Waals surface area (Å²) >= 11 is 0. The van der Waals surface area contributed by atoms with E-state index in [0.717, 1.165) is 0 Å². The summed E-state index contributed by atoms with van der Waals surface area (Å²) in [6.07, 6.45) is 7.02. The summed E-state index contributed by atoms with van der Waals surface area (Å²) in [7, 11) is -5.13. The lowest BCUT2D eigenvalue weighted by molar-refractivity contribution is -0.128. The molecule has 0 radical (unpaired) electrons. The minimum Gasteiger partial charge on any atom is -0.294 e. The number of ketones is 2. The Hall–Kier alpha value is -0.596. The quantitative estimate of drug-likeness (QED) is 0.567. The monoisotopic (exact) mass is 352 g/mol. The van der Waals surface area contributed by atoms with Crippen molar-refractivity contribution >= 4 is 38.5 Å². The second-order valence-electron chi connectivity index (χ2n) is 8.78. The highest BCUT2D eigenvalue weighted by atomic mass is 32.2. The first kappa shape index (κ1) is 16.3. The fraction of sp³-hybridized carbons (Fsp3) is 0.625. The molecule has 0 amide bonds. The zero-order chi connectivity index (χ0) is 16.7. The van der Waals surface area contributed by atoms with E-state index >= 15 is 0 Å². The molecule has 2 aliphatic heterocycles. The summed E-state index contributed by atoms with van der Waals surface area (Å²) in [6.45, 7) is 13.0. The first-order chi connectivity index (χ1) is 9.91. The van der Waals surface area contributed by atoms with Crippen LogP contribution in [0.4, 0.5) is 0 Å². The first-order valence-corrected chi connectivity index (χ1v) is 15.9. The van der Waals surface area contributed by atoms with Crippen LogP contribution in [0.1, 0.15) is 0 Å². The molecule has 0 aromatic heterocycles. The smallest absolute Gasteiger partial charge is 0.161 e. The SMILES string of the molecule is C[Si](C)(C)C12C=CC([Si](C)(C)C)(C3C(=O)C=CC(=O)C31)S2=O. The third-order valence-electron chi connectivity index (χ3n) is 5.82. The van der Waals surface area contributed by atoms with E-state index in [1.165, 1.54) is 12.2 Å². The van der Waals surface area contributed by atoms with Crippen LogP contribution in [0.15, 0.2) is 24.3 Å². The van der Waals surface area contributed by atoms with Crippen LogP contribution < -0.4 is 0 Å². The Kier molecular flexibility index (Phi) is 3.16. The largest absolute Gasteiger partial charge is 0.294 e. The third-order valence-corrected chi connectivity index (χ3v) is 18.3. The normalized spacial score (nSPS) is 43.8. The zero-order valence-corrected chi connectivity index (χ0v) is 16.9. The number of hydrogen-bond donors (Lipinski definition) is 0. The predicted molar refractivity (Wildman–Crippen MR) is 95.6 cm³/mol. The van der Waals surface area contributed by atoms with Gasteiger partial charge in [0.1, 0.15) is 0 Å². The molecule has 4 atom stereocenters. The second-order valence-corrected chi connectivity index (χ2v) is 22.0. The fourth-order valence-corrected chi connectivity index (χ4v) is 16.0. The molecular weight excluding hydrogens is 328 g/mol. The van der Waals surface area contributed by atoms with Crippen molar-refractivity contribution in [2.45, 2.75) is 48.0 Å². The van der Waals surface area contributed by atoms with Crippen molar-refractivity contribution < 1.29 is 13.8 Å². The lowest BCUT2D eigenvalue weighted by Gasteiger charge is -2.43. The van der Waals surface area contributed by atoms with Crippen LogP contribution in [0.5, 0.6) is 0 Å². The standard InChI is InChI=1S/C16H24O3SSi2/c1-21(2,3)15-9-10-16(20(15)19,22(4,5)6)14-12(18)8-7-11(17)13(14)15/h7-10,13-14H,1-6H3. The number of carbonyl (C=O) groups is 2. The summed E-state index contributed by atoms with van der Waals surface area (Å²) in [5.74, 6) is -0.807. The molecule has 4 unspecified atom stereocenters. The van der Waals surface area contributed by atoms with Crippen LogP contribution in [0.2, 0.25) is 39.3 Å². The Balaban J connectivity index is 2.37. The van der Waals surface area contributed by atoms with E-state index in [1.54, 1.807) is 0 Å². The molecule has 0 N–H and O–H groups in total. The maximum Gasteiger partial charge on any atom is 0.161 e. The molecule has 120 valence electrons. The van der Waals surface area contributed by atoms with Crippen LogP contribution in [-0.4, -0.2) is 40.7 Å². The van der Waals surface area contributed by atoms with Gasteiger partial charge in [0.25, 0.3) is 0 Å². The predicted octanol–water partition coefficient (Wildman–Crippen LogP) is 2.49. The fourth-order valence-electron chi connectivity index (χ4n) is 4.70. The molecule has 0 saturated carbocycles. The molecule has 0 spiro atoms. The van der Waals surface area contributed by atoms with E-state index in [0.29, 0.717) is 0 Å². The van der Waals surface area contributed by atoms with Gasteiger partial charge in [-0.3, -0.25) is 13.8 Å². The molecular formula is C16H24O3SSi2. The van der Waals surface area contributed by atoms with Crippen molar-refractivity contribution in [1.29, 1.82) is 0 Å². The van der Waals surface area contributed by atoms with Gasteiger partial charge in [-0.25, -0.2) is 0 Å². The Labute approximate surface area is 136 Å². The molecule has 22 heavy (non-hydrogen) atoms. The van der Waals surface area contributed by atoms with Crippen molar-refractivity contribution in [2.24, 2.45) is 11.8 Å². The van der Waals surface area contributed by atoms with Gasteiger partial charge in [0.15, 0.2) is 11.6 Å². The van der Waals surface area contributed by atoms with Crippen molar-refractivity contribution in [1.82, 2.24) is 0 Å². The maximum absolute atomic E-state index is 13.7. The van der Waals surface area contributed by atoms with Gasteiger partial charge in [0.2, 0.25) is 0 Å². The lowest BCUT2D eigenvalue weighted by atomic mass is 9.74. The van der Waals surface area contributed by atoms with Crippen LogP contribution >= 0.6 is 0 Å². The number of carbonyl (C=O) groups excluding carboxylic acids is 2. The van der Waals surface area contributed by atoms with E-state index in [4.69, 9.17) is 0 Å². The van der Waals surface area contributed by atoms with Crippen molar-refractivity contribution in [2.75, 3.05) is 0 Å². The summed E-state index contributed by atoms with van der Waals surface area (Å²) in [5.41, 5.74) is 0. The highest BCUT2D eigenvalue weighted by Gasteiger charge is 2.77. The Morgan fingerprint density at radius 1 is 0.818 bits per heavy atom. The molecule has 0 aromatic rings. The topological polar surface area (TPSA) is 51.2 Å². The number of allylic oxidation sites excluding steroid dienone is 2. The summed E-state index contributed by atoms with van der Waals surface area (Å²) < 4.78 is 12.6. The van der Waals surface area contributed by atoms with Gasteiger partial charge < -0.3 is 0 Å². The van der Waals surface area contributed by atoms with Crippen LogP contribution in [-0.2, 0) is 20.4 Å². The minimum absolute atomic E-state index is 0.00449. The van der Waals surface area contributed by atoms with Gasteiger partial charge >= 0.3 is 0 Å².